The normalized spacial score (nSPS) is 19.4. The molecule has 1 atom stereocenters. The lowest BCUT2D eigenvalue weighted by molar-refractivity contribution is -0.0774. The Labute approximate surface area is 128 Å². The Morgan fingerprint density at radius 2 is 2.17 bits per heavy atom. The zero-order chi connectivity index (χ0) is 13.3. The number of rotatable bonds is 4. The Bertz CT molecular complexity index is 443. The van der Waals surface area contributed by atoms with Gasteiger partial charge in [0.2, 0.25) is 0 Å². The van der Waals surface area contributed by atoms with Crippen LogP contribution in [0.3, 0.4) is 0 Å². The van der Waals surface area contributed by atoms with Crippen LogP contribution in [0, 0.1) is 5.82 Å². The average Bonchev–Trinajstić information content (AvgIpc) is 2.28. The molecule has 0 amide bonds. The molecule has 2 rings (SSSR count). The van der Waals surface area contributed by atoms with Crippen LogP contribution < -0.4 is 0 Å². The molecule has 0 heterocycles. The minimum atomic E-state index is -0.251. The lowest BCUT2D eigenvalue weighted by Gasteiger charge is -2.42. The van der Waals surface area contributed by atoms with Gasteiger partial charge in [0.25, 0.3) is 0 Å². The second-order valence-corrected chi connectivity index (χ2v) is 7.07. The van der Waals surface area contributed by atoms with E-state index in [1.165, 1.54) is 12.5 Å². The van der Waals surface area contributed by atoms with Gasteiger partial charge in [-0.15, -0.1) is 0 Å². The van der Waals surface area contributed by atoms with Crippen LogP contribution in [0.2, 0.25) is 5.02 Å². The number of hydrogen-bond donors (Lipinski definition) is 0. The molecule has 1 unspecified atom stereocenters. The van der Waals surface area contributed by atoms with Crippen LogP contribution in [0.25, 0.3) is 0 Å². The molecule has 5 heteroatoms. The van der Waals surface area contributed by atoms with Gasteiger partial charge in [-0.1, -0.05) is 27.5 Å². The van der Waals surface area contributed by atoms with Gasteiger partial charge in [-0.25, -0.2) is 4.39 Å². The van der Waals surface area contributed by atoms with Crippen molar-refractivity contribution in [3.63, 3.8) is 0 Å². The molecule has 0 saturated heterocycles. The number of alkyl halides is 1. The van der Waals surface area contributed by atoms with Gasteiger partial charge in [-0.3, -0.25) is 0 Å². The molecule has 0 bridgehead atoms. The number of halogens is 4. The summed E-state index contributed by atoms with van der Waals surface area (Å²) in [6, 6.07) is 3.08. The molecule has 0 spiro atoms. The molecule has 1 nitrogen and oxygen atoms in total. The largest absolute Gasteiger partial charge is 0.378 e. The third-order valence-electron chi connectivity index (χ3n) is 3.63. The maximum Gasteiger partial charge on any atom is 0.128 e. The van der Waals surface area contributed by atoms with E-state index in [9.17, 15) is 4.39 Å². The summed E-state index contributed by atoms with van der Waals surface area (Å²) in [6.45, 7) is 0. The van der Waals surface area contributed by atoms with Gasteiger partial charge < -0.3 is 4.74 Å². The summed E-state index contributed by atoms with van der Waals surface area (Å²) in [5.41, 5.74) is 0.492. The van der Waals surface area contributed by atoms with Crippen molar-refractivity contribution >= 4 is 43.5 Å². The maximum absolute atomic E-state index is 13.9. The summed E-state index contributed by atoms with van der Waals surface area (Å²) in [7, 11) is 1.73. The summed E-state index contributed by atoms with van der Waals surface area (Å²) in [5, 5.41) is 0.524. The van der Waals surface area contributed by atoms with E-state index in [1.807, 2.05) is 0 Å². The molecule has 1 fully saturated rings. The lowest BCUT2D eigenvalue weighted by Crippen LogP contribution is -2.39. The van der Waals surface area contributed by atoms with E-state index in [4.69, 9.17) is 16.3 Å². The molecule has 0 radical (unpaired) electrons. The van der Waals surface area contributed by atoms with E-state index in [0.717, 1.165) is 19.3 Å². The third kappa shape index (κ3) is 2.92. The van der Waals surface area contributed by atoms with E-state index in [2.05, 4.69) is 31.9 Å². The molecule has 1 aliphatic carbocycles. The van der Waals surface area contributed by atoms with Crippen LogP contribution in [0.1, 0.15) is 36.1 Å². The van der Waals surface area contributed by atoms with Crippen LogP contribution in [-0.2, 0) is 4.74 Å². The van der Waals surface area contributed by atoms with E-state index in [-0.39, 0.29) is 16.2 Å². The molecule has 1 aromatic rings. The highest BCUT2D eigenvalue weighted by Crippen LogP contribution is 2.45. The quantitative estimate of drug-likeness (QED) is 0.470. The van der Waals surface area contributed by atoms with Crippen LogP contribution in [0.5, 0.6) is 0 Å². The smallest absolute Gasteiger partial charge is 0.128 e. The van der Waals surface area contributed by atoms with Gasteiger partial charge in [-0.05, 0) is 53.7 Å². The molecule has 100 valence electrons. The highest BCUT2D eigenvalue weighted by molar-refractivity contribution is 9.10. The zero-order valence-electron chi connectivity index (χ0n) is 9.98. The highest BCUT2D eigenvalue weighted by Gasteiger charge is 2.39. The summed E-state index contributed by atoms with van der Waals surface area (Å²) in [5.74, 6) is -0.251. The van der Waals surface area contributed by atoms with E-state index >= 15 is 0 Å². The van der Waals surface area contributed by atoms with Gasteiger partial charge >= 0.3 is 0 Å². The first-order valence-corrected chi connectivity index (χ1v) is 7.90. The average molecular weight is 401 g/mol. The molecule has 18 heavy (non-hydrogen) atoms. The van der Waals surface area contributed by atoms with Crippen molar-refractivity contribution in [2.75, 3.05) is 7.11 Å². The fourth-order valence-corrected chi connectivity index (χ4v) is 3.71. The van der Waals surface area contributed by atoms with Crippen molar-refractivity contribution in [2.45, 2.75) is 36.1 Å². The molecular weight excluding hydrogens is 386 g/mol. The number of methoxy groups -OCH3 is 1. The van der Waals surface area contributed by atoms with Crippen LogP contribution in [-0.4, -0.2) is 12.7 Å². The van der Waals surface area contributed by atoms with E-state index < -0.39 is 0 Å². The van der Waals surface area contributed by atoms with Gasteiger partial charge in [0, 0.05) is 22.0 Å². The molecule has 0 aromatic heterocycles. The monoisotopic (exact) mass is 398 g/mol. The van der Waals surface area contributed by atoms with Gasteiger partial charge in [0.1, 0.15) is 5.82 Å². The van der Waals surface area contributed by atoms with Gasteiger partial charge in [-0.2, -0.15) is 0 Å². The summed E-state index contributed by atoms with van der Waals surface area (Å²) < 4.78 is 20.1. The number of hydrogen-bond acceptors (Lipinski definition) is 1. The first-order valence-electron chi connectivity index (χ1n) is 5.81. The van der Waals surface area contributed by atoms with Gasteiger partial charge in [0.15, 0.2) is 0 Å². The van der Waals surface area contributed by atoms with Crippen molar-refractivity contribution < 1.29 is 9.13 Å². The predicted octanol–water partition coefficient (Wildman–Crippen LogP) is 5.64. The van der Waals surface area contributed by atoms with Crippen molar-refractivity contribution in [1.82, 2.24) is 0 Å². The zero-order valence-corrected chi connectivity index (χ0v) is 13.9. The standard InChI is InChI=1S/C13H14Br2ClFO/c1-18-13(3-2-4-13)7-10(15)8-5-11(16)9(14)6-12(8)17/h5-6,10H,2-4,7H2,1H3. The Morgan fingerprint density at radius 1 is 1.50 bits per heavy atom. The number of ether oxygens (including phenoxy) is 1. The first-order chi connectivity index (χ1) is 8.47. The molecule has 0 N–H and O–H groups in total. The molecular formula is C13H14Br2ClFO. The van der Waals surface area contributed by atoms with Crippen molar-refractivity contribution in [1.29, 1.82) is 0 Å². The van der Waals surface area contributed by atoms with E-state index in [0.29, 0.717) is 15.1 Å². The molecule has 1 aliphatic rings. The molecule has 1 aromatic carbocycles. The van der Waals surface area contributed by atoms with Crippen molar-refractivity contribution in [3.05, 3.63) is 33.0 Å². The SMILES string of the molecule is COC1(CC(Br)c2cc(Cl)c(Br)cc2F)CCC1. The minimum Gasteiger partial charge on any atom is -0.378 e. The fraction of sp³-hybridized carbons (Fsp3) is 0.538. The third-order valence-corrected chi connectivity index (χ3v) is 5.64. The maximum atomic E-state index is 13.9. The van der Waals surface area contributed by atoms with E-state index in [1.54, 1.807) is 13.2 Å². The van der Waals surface area contributed by atoms with Gasteiger partial charge in [0.05, 0.1) is 10.6 Å². The summed E-state index contributed by atoms with van der Waals surface area (Å²) >= 11 is 12.8. The van der Waals surface area contributed by atoms with Crippen LogP contribution in [0.15, 0.2) is 16.6 Å². The Morgan fingerprint density at radius 3 is 2.67 bits per heavy atom. The second kappa shape index (κ2) is 5.78. The highest BCUT2D eigenvalue weighted by atomic mass is 79.9. The summed E-state index contributed by atoms with van der Waals surface area (Å²) in [4.78, 5) is -0.0802. The van der Waals surface area contributed by atoms with Crippen molar-refractivity contribution in [2.24, 2.45) is 0 Å². The summed E-state index contributed by atoms with van der Waals surface area (Å²) in [6.07, 6.45) is 4.02. The Balaban J connectivity index is 2.18. The topological polar surface area (TPSA) is 9.23 Å². The van der Waals surface area contributed by atoms with Crippen molar-refractivity contribution in [3.8, 4) is 0 Å². The molecule has 0 aliphatic heterocycles. The second-order valence-electron chi connectivity index (χ2n) is 4.70. The molecule has 1 saturated carbocycles. The number of benzene rings is 1. The first kappa shape index (κ1) is 14.8. The Kier molecular flexibility index (Phi) is 4.74. The minimum absolute atomic E-state index is 0.0802. The van der Waals surface area contributed by atoms with Crippen LogP contribution >= 0.6 is 43.5 Å². The fourth-order valence-electron chi connectivity index (χ4n) is 2.28. The predicted molar refractivity (Wildman–Crippen MR) is 79.0 cm³/mol. The Hall–Kier alpha value is 0.360. The van der Waals surface area contributed by atoms with Crippen LogP contribution in [0.4, 0.5) is 4.39 Å². The lowest BCUT2D eigenvalue weighted by atomic mass is 9.76.